The summed E-state index contributed by atoms with van der Waals surface area (Å²) < 4.78 is 5.58. The first-order valence-corrected chi connectivity index (χ1v) is 5.53. The van der Waals surface area contributed by atoms with Gasteiger partial charge in [-0.1, -0.05) is 25.4 Å². The summed E-state index contributed by atoms with van der Waals surface area (Å²) >= 11 is 5.91. The van der Waals surface area contributed by atoms with Crippen molar-refractivity contribution in [2.75, 3.05) is 6.61 Å². The minimum atomic E-state index is 0.0704. The zero-order chi connectivity index (χ0) is 11.4. The monoisotopic (exact) mass is 227 g/mol. The molecule has 0 aliphatic rings. The Morgan fingerprint density at radius 2 is 2.07 bits per heavy atom. The molecule has 1 aromatic rings. The first kappa shape index (κ1) is 12.3. The van der Waals surface area contributed by atoms with Gasteiger partial charge in [-0.2, -0.15) is 0 Å². The molecule has 1 aromatic carbocycles. The number of benzene rings is 1. The number of hydrogen-bond acceptors (Lipinski definition) is 2. The van der Waals surface area contributed by atoms with Crippen molar-refractivity contribution in [3.05, 3.63) is 28.8 Å². The number of aryl methyl sites for hydroxylation is 1. The zero-order valence-corrected chi connectivity index (χ0v) is 10.2. The molecule has 0 heterocycles. The van der Waals surface area contributed by atoms with Gasteiger partial charge in [0, 0.05) is 11.1 Å². The first-order chi connectivity index (χ1) is 7.00. The van der Waals surface area contributed by atoms with Crippen LogP contribution in [0.3, 0.4) is 0 Å². The maximum atomic E-state index is 5.91. The quantitative estimate of drug-likeness (QED) is 0.858. The topological polar surface area (TPSA) is 35.2 Å². The van der Waals surface area contributed by atoms with E-state index < -0.39 is 0 Å². The number of nitrogens with two attached hydrogens (primary N) is 1. The van der Waals surface area contributed by atoms with E-state index in [1.54, 1.807) is 0 Å². The fourth-order valence-electron chi connectivity index (χ4n) is 1.09. The average molecular weight is 228 g/mol. The molecule has 0 fully saturated rings. The molecule has 0 bridgehead atoms. The van der Waals surface area contributed by atoms with Gasteiger partial charge in [0.2, 0.25) is 0 Å². The Morgan fingerprint density at radius 1 is 1.40 bits per heavy atom. The van der Waals surface area contributed by atoms with Crippen molar-refractivity contribution < 1.29 is 4.74 Å². The van der Waals surface area contributed by atoms with E-state index in [1.807, 2.05) is 25.1 Å². The molecule has 1 atom stereocenters. The van der Waals surface area contributed by atoms with Crippen LogP contribution >= 0.6 is 11.6 Å². The smallest absolute Gasteiger partial charge is 0.119 e. The zero-order valence-electron chi connectivity index (χ0n) is 9.46. The molecule has 0 aromatic heterocycles. The number of halogens is 1. The highest BCUT2D eigenvalue weighted by atomic mass is 35.5. The van der Waals surface area contributed by atoms with Crippen LogP contribution in [0.4, 0.5) is 0 Å². The summed E-state index contributed by atoms with van der Waals surface area (Å²) in [5, 5.41) is 0.760. The molecule has 1 rings (SSSR count). The van der Waals surface area contributed by atoms with Gasteiger partial charge in [-0.15, -0.1) is 0 Å². The van der Waals surface area contributed by atoms with Crippen LogP contribution in [0.2, 0.25) is 5.02 Å². The summed E-state index contributed by atoms with van der Waals surface area (Å²) in [7, 11) is 0. The van der Waals surface area contributed by atoms with Crippen LogP contribution in [0.15, 0.2) is 18.2 Å². The highest BCUT2D eigenvalue weighted by Crippen LogP contribution is 2.21. The lowest BCUT2D eigenvalue weighted by molar-refractivity contribution is 0.259. The Kier molecular flexibility index (Phi) is 4.43. The van der Waals surface area contributed by atoms with Crippen LogP contribution in [0, 0.1) is 12.8 Å². The van der Waals surface area contributed by atoms with Crippen LogP contribution in [-0.4, -0.2) is 12.6 Å². The predicted molar refractivity (Wildman–Crippen MR) is 64.5 cm³/mol. The lowest BCUT2D eigenvalue weighted by atomic mass is 10.1. The molecular formula is C12H18ClNO. The third-order valence-corrected chi connectivity index (χ3v) is 2.85. The molecule has 0 spiro atoms. The van der Waals surface area contributed by atoms with Gasteiger partial charge in [0.1, 0.15) is 12.4 Å². The summed E-state index contributed by atoms with van der Waals surface area (Å²) in [6, 6.07) is 5.70. The molecular weight excluding hydrogens is 210 g/mol. The second-order valence-corrected chi connectivity index (χ2v) is 4.54. The highest BCUT2D eigenvalue weighted by molar-refractivity contribution is 6.31. The molecule has 0 radical (unpaired) electrons. The second kappa shape index (κ2) is 5.38. The molecule has 3 heteroatoms. The van der Waals surface area contributed by atoms with Crippen molar-refractivity contribution in [2.45, 2.75) is 26.8 Å². The lowest BCUT2D eigenvalue weighted by Gasteiger charge is -2.16. The molecule has 0 unspecified atom stereocenters. The van der Waals surface area contributed by atoms with Gasteiger partial charge >= 0.3 is 0 Å². The van der Waals surface area contributed by atoms with Gasteiger partial charge in [-0.05, 0) is 36.6 Å². The summed E-state index contributed by atoms with van der Waals surface area (Å²) in [6.07, 6.45) is 0. The molecule has 84 valence electrons. The van der Waals surface area contributed by atoms with Crippen molar-refractivity contribution in [3.8, 4) is 5.75 Å². The number of hydrogen-bond donors (Lipinski definition) is 1. The standard InChI is InChI=1S/C12H18ClNO/c1-8(2)12(14)7-15-10-4-5-11(13)9(3)6-10/h4-6,8,12H,7,14H2,1-3H3/t12-/m1/s1. The van der Waals surface area contributed by atoms with E-state index in [4.69, 9.17) is 22.1 Å². The van der Waals surface area contributed by atoms with Crippen LogP contribution in [0.5, 0.6) is 5.75 Å². The summed E-state index contributed by atoms with van der Waals surface area (Å²) in [6.45, 7) is 6.67. The van der Waals surface area contributed by atoms with E-state index in [0.717, 1.165) is 16.3 Å². The Morgan fingerprint density at radius 3 is 2.60 bits per heavy atom. The normalized spacial score (nSPS) is 12.9. The molecule has 0 aliphatic carbocycles. The van der Waals surface area contributed by atoms with Crippen molar-refractivity contribution in [1.29, 1.82) is 0 Å². The molecule has 0 saturated heterocycles. The fourth-order valence-corrected chi connectivity index (χ4v) is 1.21. The predicted octanol–water partition coefficient (Wildman–Crippen LogP) is 3.01. The maximum absolute atomic E-state index is 5.91. The van der Waals surface area contributed by atoms with Crippen LogP contribution in [0.25, 0.3) is 0 Å². The van der Waals surface area contributed by atoms with Gasteiger partial charge in [-0.25, -0.2) is 0 Å². The highest BCUT2D eigenvalue weighted by Gasteiger charge is 2.08. The Labute approximate surface area is 96.4 Å². The molecule has 0 aliphatic heterocycles. The second-order valence-electron chi connectivity index (χ2n) is 4.13. The SMILES string of the molecule is Cc1cc(OC[C@@H](N)C(C)C)ccc1Cl. The van der Waals surface area contributed by atoms with Crippen LogP contribution < -0.4 is 10.5 Å². The van der Waals surface area contributed by atoms with Crippen LogP contribution in [-0.2, 0) is 0 Å². The van der Waals surface area contributed by atoms with E-state index >= 15 is 0 Å². The van der Waals surface area contributed by atoms with E-state index in [2.05, 4.69) is 13.8 Å². The Balaban J connectivity index is 2.55. The summed E-state index contributed by atoms with van der Waals surface area (Å²) in [5.74, 6) is 1.26. The third-order valence-electron chi connectivity index (χ3n) is 2.43. The minimum Gasteiger partial charge on any atom is -0.492 e. The van der Waals surface area contributed by atoms with Crippen molar-refractivity contribution in [3.63, 3.8) is 0 Å². The van der Waals surface area contributed by atoms with E-state index in [9.17, 15) is 0 Å². The first-order valence-electron chi connectivity index (χ1n) is 5.15. The number of ether oxygens (including phenoxy) is 1. The lowest BCUT2D eigenvalue weighted by Crippen LogP contribution is -2.32. The van der Waals surface area contributed by atoms with Crippen LogP contribution in [0.1, 0.15) is 19.4 Å². The largest absolute Gasteiger partial charge is 0.492 e. The average Bonchev–Trinajstić information content (AvgIpc) is 2.19. The fraction of sp³-hybridized carbons (Fsp3) is 0.500. The van der Waals surface area contributed by atoms with Crippen molar-refractivity contribution in [2.24, 2.45) is 11.7 Å². The van der Waals surface area contributed by atoms with Gasteiger partial charge in [-0.3, -0.25) is 0 Å². The molecule has 2 N–H and O–H groups in total. The maximum Gasteiger partial charge on any atom is 0.119 e. The van der Waals surface area contributed by atoms with Crippen molar-refractivity contribution >= 4 is 11.6 Å². The molecule has 15 heavy (non-hydrogen) atoms. The van der Waals surface area contributed by atoms with Gasteiger partial charge in [0.25, 0.3) is 0 Å². The van der Waals surface area contributed by atoms with Crippen molar-refractivity contribution in [1.82, 2.24) is 0 Å². The summed E-state index contributed by atoms with van der Waals surface area (Å²) in [5.41, 5.74) is 6.90. The molecule has 2 nitrogen and oxygen atoms in total. The Hall–Kier alpha value is -0.730. The molecule has 0 saturated carbocycles. The molecule has 0 amide bonds. The van der Waals surface area contributed by atoms with Gasteiger partial charge < -0.3 is 10.5 Å². The van der Waals surface area contributed by atoms with Gasteiger partial charge in [0.05, 0.1) is 0 Å². The van der Waals surface area contributed by atoms with E-state index in [1.165, 1.54) is 0 Å². The Bertz CT molecular complexity index is 325. The minimum absolute atomic E-state index is 0.0704. The third kappa shape index (κ3) is 3.73. The van der Waals surface area contributed by atoms with Gasteiger partial charge in [0.15, 0.2) is 0 Å². The summed E-state index contributed by atoms with van der Waals surface area (Å²) in [4.78, 5) is 0. The van der Waals surface area contributed by atoms with E-state index in [0.29, 0.717) is 12.5 Å². The number of rotatable bonds is 4. The van der Waals surface area contributed by atoms with E-state index in [-0.39, 0.29) is 6.04 Å².